The first kappa shape index (κ1) is 26.6. The maximum Gasteiger partial charge on any atom is 0.276 e. The van der Waals surface area contributed by atoms with Gasteiger partial charge in [0.25, 0.3) is 11.8 Å². The molecule has 0 atom stereocenters. The number of hydrogen-bond acceptors (Lipinski definition) is 5. The van der Waals surface area contributed by atoms with Gasteiger partial charge in [-0.1, -0.05) is 40.7 Å². The fourth-order valence-corrected chi connectivity index (χ4v) is 3.20. The van der Waals surface area contributed by atoms with Crippen molar-refractivity contribution in [2.45, 2.75) is 40.0 Å². The van der Waals surface area contributed by atoms with Crippen LogP contribution in [0.4, 0.5) is 0 Å². The van der Waals surface area contributed by atoms with E-state index in [9.17, 15) is 9.59 Å². The lowest BCUT2D eigenvalue weighted by Crippen LogP contribution is -2.49. The van der Waals surface area contributed by atoms with Gasteiger partial charge in [-0.3, -0.25) is 25.8 Å². The fraction of sp³-hybridized carbons (Fsp3) is 0.375. The molecule has 0 fully saturated rings. The number of carbonyl (C=O) groups excluding carboxylic acids is 2. The molecule has 0 spiro atoms. The Kier molecular flexibility index (Phi) is 9.67. The second-order valence-electron chi connectivity index (χ2n) is 8.87. The molecule has 7 nitrogen and oxygen atoms in total. The minimum Gasteiger partial charge on any atom is -0.493 e. The summed E-state index contributed by atoms with van der Waals surface area (Å²) in [5.74, 6) is 0.789. The van der Waals surface area contributed by atoms with Crippen LogP contribution >= 0.6 is 28.1 Å². The Morgan fingerprint density at radius 2 is 1.70 bits per heavy atom. The molecule has 0 aliphatic carbocycles. The third kappa shape index (κ3) is 9.01. The Balaban J connectivity index is 1.76. The number of amides is 2. The van der Waals surface area contributed by atoms with Crippen LogP contribution in [-0.2, 0) is 10.2 Å². The number of halogens is 1. The van der Waals surface area contributed by atoms with Gasteiger partial charge < -0.3 is 9.47 Å². The van der Waals surface area contributed by atoms with E-state index in [4.69, 9.17) is 21.7 Å². The van der Waals surface area contributed by atoms with E-state index in [1.54, 1.807) is 24.3 Å². The molecule has 0 aromatic heterocycles. The van der Waals surface area contributed by atoms with E-state index in [0.717, 1.165) is 10.0 Å². The molecule has 3 N–H and O–H groups in total. The molecule has 0 unspecified atom stereocenters. The van der Waals surface area contributed by atoms with Gasteiger partial charge in [-0.2, -0.15) is 0 Å². The highest BCUT2D eigenvalue weighted by Crippen LogP contribution is 2.31. The molecule has 2 aromatic rings. The highest BCUT2D eigenvalue weighted by Gasteiger charge is 2.16. The summed E-state index contributed by atoms with van der Waals surface area (Å²) in [7, 11) is 0. The maximum absolute atomic E-state index is 12.3. The van der Waals surface area contributed by atoms with Crippen LogP contribution in [0.5, 0.6) is 11.5 Å². The molecular weight excluding hydrogens is 506 g/mol. The van der Waals surface area contributed by atoms with Gasteiger partial charge in [-0.15, -0.1) is 0 Å². The van der Waals surface area contributed by atoms with Crippen LogP contribution in [0.15, 0.2) is 46.9 Å². The number of carbonyl (C=O) groups is 2. The molecule has 0 heterocycles. The molecule has 0 saturated carbocycles. The largest absolute Gasteiger partial charge is 0.493 e. The number of ether oxygens (including phenoxy) is 2. The Hall–Kier alpha value is -2.65. The van der Waals surface area contributed by atoms with Gasteiger partial charge in [0, 0.05) is 5.56 Å². The number of nitrogens with one attached hydrogen (secondary N) is 3. The quantitative estimate of drug-likeness (QED) is 0.357. The first-order chi connectivity index (χ1) is 15.5. The van der Waals surface area contributed by atoms with Crippen molar-refractivity contribution in [2.75, 3.05) is 13.2 Å². The van der Waals surface area contributed by atoms with Gasteiger partial charge in [0.05, 0.1) is 11.1 Å². The SMILES string of the molecule is CC(C)COc1ccc(C(=O)NC(=S)NNC(=O)COc2ccc(C(C)(C)C)cc2Br)cc1. The van der Waals surface area contributed by atoms with E-state index in [1.165, 1.54) is 0 Å². The lowest BCUT2D eigenvalue weighted by Gasteiger charge is -2.20. The lowest BCUT2D eigenvalue weighted by atomic mass is 9.87. The molecule has 2 amide bonds. The van der Waals surface area contributed by atoms with E-state index in [1.807, 2.05) is 18.2 Å². The highest BCUT2D eigenvalue weighted by molar-refractivity contribution is 9.10. The van der Waals surface area contributed by atoms with Crippen LogP contribution in [0.1, 0.15) is 50.5 Å². The Morgan fingerprint density at radius 3 is 2.27 bits per heavy atom. The standard InChI is InChI=1S/C24H30BrN3O4S/c1-15(2)13-31-18-9-6-16(7-10-18)22(30)26-23(33)28-27-21(29)14-32-20-11-8-17(12-19(20)25)24(3,4)5/h6-12,15H,13-14H2,1-5H3,(H,27,29)(H2,26,28,30,33). The number of benzene rings is 2. The third-order valence-electron chi connectivity index (χ3n) is 4.40. The van der Waals surface area contributed by atoms with E-state index in [0.29, 0.717) is 29.6 Å². The van der Waals surface area contributed by atoms with E-state index < -0.39 is 11.8 Å². The van der Waals surface area contributed by atoms with Crippen molar-refractivity contribution in [3.05, 3.63) is 58.1 Å². The smallest absolute Gasteiger partial charge is 0.276 e. The van der Waals surface area contributed by atoms with Gasteiger partial charge in [0.1, 0.15) is 11.5 Å². The second-order valence-corrected chi connectivity index (χ2v) is 10.1. The molecule has 0 bridgehead atoms. The summed E-state index contributed by atoms with van der Waals surface area (Å²) >= 11 is 8.53. The Bertz CT molecular complexity index is 988. The molecule has 33 heavy (non-hydrogen) atoms. The predicted molar refractivity (Wildman–Crippen MR) is 136 cm³/mol. The summed E-state index contributed by atoms with van der Waals surface area (Å²) in [6.45, 7) is 10.8. The molecule has 2 aromatic carbocycles. The number of hydrazine groups is 1. The van der Waals surface area contributed by atoms with Crippen LogP contribution in [0.3, 0.4) is 0 Å². The zero-order chi connectivity index (χ0) is 24.6. The predicted octanol–water partition coefficient (Wildman–Crippen LogP) is 4.50. The fourth-order valence-electron chi connectivity index (χ4n) is 2.56. The normalized spacial score (nSPS) is 11.0. The number of hydrogen-bond donors (Lipinski definition) is 3. The van der Waals surface area contributed by atoms with Crippen molar-refractivity contribution < 1.29 is 19.1 Å². The number of thiocarbonyl (C=S) groups is 1. The molecule has 0 aliphatic rings. The minimum atomic E-state index is -0.454. The minimum absolute atomic E-state index is 0.00600. The zero-order valence-corrected chi connectivity index (χ0v) is 21.9. The lowest BCUT2D eigenvalue weighted by molar-refractivity contribution is -0.123. The molecule has 9 heteroatoms. The Morgan fingerprint density at radius 1 is 1.03 bits per heavy atom. The summed E-state index contributed by atoms with van der Waals surface area (Å²) in [4.78, 5) is 24.4. The summed E-state index contributed by atoms with van der Waals surface area (Å²) in [5.41, 5.74) is 6.45. The van der Waals surface area contributed by atoms with E-state index in [-0.39, 0.29) is 17.1 Å². The van der Waals surface area contributed by atoms with Crippen molar-refractivity contribution in [3.63, 3.8) is 0 Å². The molecule has 2 rings (SSSR count). The molecule has 178 valence electrons. The van der Waals surface area contributed by atoms with Crippen molar-refractivity contribution >= 4 is 45.1 Å². The van der Waals surface area contributed by atoms with Crippen molar-refractivity contribution in [3.8, 4) is 11.5 Å². The van der Waals surface area contributed by atoms with Crippen molar-refractivity contribution in [2.24, 2.45) is 5.92 Å². The average Bonchev–Trinajstić information content (AvgIpc) is 2.75. The zero-order valence-electron chi connectivity index (χ0n) is 19.5. The van der Waals surface area contributed by atoms with Gasteiger partial charge in [-0.25, -0.2) is 0 Å². The first-order valence-corrected chi connectivity index (χ1v) is 11.7. The molecule has 0 radical (unpaired) electrons. The third-order valence-corrected chi connectivity index (χ3v) is 5.22. The second kappa shape index (κ2) is 12.0. The topological polar surface area (TPSA) is 88.7 Å². The van der Waals surface area contributed by atoms with Crippen molar-refractivity contribution in [1.29, 1.82) is 0 Å². The van der Waals surface area contributed by atoms with Crippen LogP contribution in [0.2, 0.25) is 0 Å². The highest BCUT2D eigenvalue weighted by atomic mass is 79.9. The Labute approximate surface area is 208 Å². The average molecular weight is 536 g/mol. The van der Waals surface area contributed by atoms with Crippen molar-refractivity contribution in [1.82, 2.24) is 16.2 Å². The summed E-state index contributed by atoms with van der Waals surface area (Å²) in [6, 6.07) is 12.5. The summed E-state index contributed by atoms with van der Waals surface area (Å²) < 4.78 is 11.9. The molecule has 0 saturated heterocycles. The van der Waals surface area contributed by atoms with Crippen LogP contribution < -0.4 is 25.6 Å². The summed E-state index contributed by atoms with van der Waals surface area (Å²) in [6.07, 6.45) is 0. The van der Waals surface area contributed by atoms with Gasteiger partial charge in [0.15, 0.2) is 11.7 Å². The van der Waals surface area contributed by atoms with E-state index >= 15 is 0 Å². The molecule has 0 aliphatic heterocycles. The van der Waals surface area contributed by atoms with E-state index in [2.05, 4.69) is 66.7 Å². The molecular formula is C24H30BrN3O4S. The first-order valence-electron chi connectivity index (χ1n) is 10.5. The van der Waals surface area contributed by atoms with Crippen LogP contribution in [-0.4, -0.2) is 30.1 Å². The van der Waals surface area contributed by atoms with Crippen LogP contribution in [0.25, 0.3) is 0 Å². The maximum atomic E-state index is 12.3. The van der Waals surface area contributed by atoms with Gasteiger partial charge in [0.2, 0.25) is 0 Å². The van der Waals surface area contributed by atoms with Gasteiger partial charge in [-0.05, 0) is 81.4 Å². The summed E-state index contributed by atoms with van der Waals surface area (Å²) in [5, 5.41) is 2.46. The van der Waals surface area contributed by atoms with Gasteiger partial charge >= 0.3 is 0 Å². The monoisotopic (exact) mass is 535 g/mol. The number of rotatable bonds is 7. The van der Waals surface area contributed by atoms with Crippen LogP contribution in [0, 0.1) is 5.92 Å².